The smallest absolute Gasteiger partial charge is 0.0541 e. The molecule has 2 aliphatic carbocycles. The van der Waals surface area contributed by atoms with Gasteiger partial charge >= 0.3 is 0 Å². The summed E-state index contributed by atoms with van der Waals surface area (Å²) < 4.78 is 2.44. The Morgan fingerprint density at radius 3 is 2.14 bits per heavy atom. The molecule has 1 aromatic heterocycles. The fraction of sp³-hybridized carbons (Fsp3) is 0.148. The molecule has 7 aromatic carbocycles. The topological polar surface area (TPSA) is 8.17 Å². The van der Waals surface area contributed by atoms with E-state index < -0.39 is 0 Å². The Morgan fingerprint density at radius 1 is 0.619 bits per heavy atom. The molecule has 0 spiro atoms. The third-order valence-electron chi connectivity index (χ3n) is 12.3. The van der Waals surface area contributed by atoms with Crippen LogP contribution in [0.15, 0.2) is 206 Å². The highest BCUT2D eigenvalue weighted by atomic mass is 15.1. The Kier molecular flexibility index (Phi) is 12.6. The van der Waals surface area contributed by atoms with Crippen molar-refractivity contribution < 1.29 is 0 Å². The highest BCUT2D eigenvalue weighted by Crippen LogP contribution is 2.39. The molecule has 0 saturated heterocycles. The fourth-order valence-electron chi connectivity index (χ4n) is 9.30. The molecular formula is C61H56N2. The van der Waals surface area contributed by atoms with Gasteiger partial charge in [0.1, 0.15) is 0 Å². The number of allylic oxidation sites excluding steroid dienone is 9. The number of para-hydroxylation sites is 1. The van der Waals surface area contributed by atoms with E-state index in [1.165, 1.54) is 83.6 Å². The molecule has 2 heteroatoms. The molecule has 0 N–H and O–H groups in total. The molecule has 0 aliphatic heterocycles. The molecule has 1 heterocycles. The van der Waals surface area contributed by atoms with Gasteiger partial charge < -0.3 is 9.47 Å². The summed E-state index contributed by atoms with van der Waals surface area (Å²) in [6.07, 6.45) is 29.3. The van der Waals surface area contributed by atoms with Gasteiger partial charge in [0, 0.05) is 33.5 Å². The monoisotopic (exact) mass is 816 g/mol. The van der Waals surface area contributed by atoms with Gasteiger partial charge in [0.25, 0.3) is 0 Å². The Morgan fingerprint density at radius 2 is 1.32 bits per heavy atom. The fourth-order valence-corrected chi connectivity index (χ4v) is 9.30. The van der Waals surface area contributed by atoms with Crippen LogP contribution in [0.25, 0.3) is 72.7 Å². The van der Waals surface area contributed by atoms with E-state index in [9.17, 15) is 0 Å². The molecular weight excluding hydrogens is 761 g/mol. The van der Waals surface area contributed by atoms with Crippen molar-refractivity contribution in [2.45, 2.75) is 59.3 Å². The molecule has 0 fully saturated rings. The van der Waals surface area contributed by atoms with E-state index in [0.29, 0.717) is 0 Å². The Balaban J connectivity index is 0.00000249. The minimum Gasteiger partial charge on any atom is -0.311 e. The number of fused-ring (bicyclic) bond motifs is 5. The van der Waals surface area contributed by atoms with Crippen LogP contribution in [-0.2, 0) is 6.42 Å². The average Bonchev–Trinajstić information content (AvgIpc) is 3.45. The standard InChI is InChI=1S/C59H50N2.C2H6/c1-2-17-49(26-10-7-18-44-21-15-22-45-19-8-11-27-53(44)45)60(52-39-34-47(35-40-52)55-30-16-23-46-20-9-12-28-54(46)55)51-37-32-43(33-38-51)48-36-41-59-57(42-48)56-29-13-14-31-58(56)61(59)50-24-5-3-4-6-25-50;1-2/h2,5,7-8,11-19,21-42H,3-4,6,9-10,20H2,1H3;1-2H3/b17-2-,18-7+,49-26?;. The molecule has 63 heavy (non-hydrogen) atoms. The van der Waals surface area contributed by atoms with E-state index in [0.717, 1.165) is 49.2 Å². The van der Waals surface area contributed by atoms with Gasteiger partial charge in [-0.15, -0.1) is 0 Å². The number of hydrogen-bond acceptors (Lipinski definition) is 1. The van der Waals surface area contributed by atoms with E-state index in [2.05, 4.69) is 229 Å². The van der Waals surface area contributed by atoms with Crippen molar-refractivity contribution in [3.05, 3.63) is 223 Å². The number of benzene rings is 7. The van der Waals surface area contributed by atoms with E-state index in [4.69, 9.17) is 0 Å². The zero-order valence-corrected chi connectivity index (χ0v) is 36.8. The number of aromatic nitrogens is 1. The lowest BCUT2D eigenvalue weighted by molar-refractivity contribution is 0.875. The van der Waals surface area contributed by atoms with Crippen molar-refractivity contribution in [3.63, 3.8) is 0 Å². The van der Waals surface area contributed by atoms with E-state index in [1.807, 2.05) is 13.8 Å². The van der Waals surface area contributed by atoms with E-state index >= 15 is 0 Å². The van der Waals surface area contributed by atoms with Gasteiger partial charge in [-0.3, -0.25) is 0 Å². The van der Waals surface area contributed by atoms with Crippen LogP contribution in [-0.4, -0.2) is 4.57 Å². The largest absolute Gasteiger partial charge is 0.311 e. The quantitative estimate of drug-likeness (QED) is 0.125. The minimum absolute atomic E-state index is 0.790. The summed E-state index contributed by atoms with van der Waals surface area (Å²) in [6, 6.07) is 55.9. The maximum atomic E-state index is 2.44. The lowest BCUT2D eigenvalue weighted by atomic mass is 9.90. The predicted molar refractivity (Wildman–Crippen MR) is 275 cm³/mol. The highest BCUT2D eigenvalue weighted by molar-refractivity contribution is 6.11. The molecule has 0 radical (unpaired) electrons. The number of anilines is 2. The van der Waals surface area contributed by atoms with Crippen molar-refractivity contribution in [3.8, 4) is 22.3 Å². The summed E-state index contributed by atoms with van der Waals surface area (Å²) in [5.41, 5.74) is 16.1. The molecule has 0 saturated carbocycles. The number of nitrogens with zero attached hydrogens (tertiary/aromatic N) is 2. The lowest BCUT2D eigenvalue weighted by Crippen LogP contribution is -2.15. The van der Waals surface area contributed by atoms with Crippen LogP contribution in [0.1, 0.15) is 69.6 Å². The summed E-state index contributed by atoms with van der Waals surface area (Å²) in [5.74, 6) is 0. The van der Waals surface area contributed by atoms with Crippen molar-refractivity contribution in [1.29, 1.82) is 0 Å². The zero-order valence-electron chi connectivity index (χ0n) is 36.8. The maximum absolute atomic E-state index is 2.44. The van der Waals surface area contributed by atoms with Crippen LogP contribution in [0.5, 0.6) is 0 Å². The maximum Gasteiger partial charge on any atom is 0.0541 e. The summed E-state index contributed by atoms with van der Waals surface area (Å²) in [5, 5.41) is 5.10. The van der Waals surface area contributed by atoms with Crippen LogP contribution in [0.3, 0.4) is 0 Å². The first-order valence-corrected chi connectivity index (χ1v) is 22.9. The molecule has 8 aromatic rings. The third-order valence-corrected chi connectivity index (χ3v) is 12.3. The van der Waals surface area contributed by atoms with Gasteiger partial charge in [-0.1, -0.05) is 172 Å². The van der Waals surface area contributed by atoms with E-state index in [1.54, 1.807) is 0 Å². The van der Waals surface area contributed by atoms with Gasteiger partial charge in [-0.25, -0.2) is 0 Å². The first-order valence-electron chi connectivity index (χ1n) is 22.9. The van der Waals surface area contributed by atoms with Crippen molar-refractivity contribution in [2.75, 3.05) is 4.90 Å². The first-order chi connectivity index (χ1) is 31.2. The summed E-state index contributed by atoms with van der Waals surface area (Å²) >= 11 is 0. The van der Waals surface area contributed by atoms with Crippen LogP contribution in [0, 0.1) is 0 Å². The molecule has 0 unspecified atom stereocenters. The van der Waals surface area contributed by atoms with E-state index in [-0.39, 0.29) is 0 Å². The van der Waals surface area contributed by atoms with Gasteiger partial charge in [-0.05, 0) is 150 Å². The average molecular weight is 817 g/mol. The Hall–Kier alpha value is -7.16. The lowest BCUT2D eigenvalue weighted by Gasteiger charge is -2.27. The van der Waals surface area contributed by atoms with Gasteiger partial charge in [0.05, 0.1) is 11.0 Å². The summed E-state index contributed by atoms with van der Waals surface area (Å²) in [6.45, 7) is 6.10. The first kappa shape index (κ1) is 41.2. The third kappa shape index (κ3) is 8.55. The second-order valence-corrected chi connectivity index (χ2v) is 16.1. The van der Waals surface area contributed by atoms with Crippen LogP contribution >= 0.6 is 0 Å². The second-order valence-electron chi connectivity index (χ2n) is 16.1. The molecule has 10 rings (SSSR count). The highest BCUT2D eigenvalue weighted by Gasteiger charge is 2.17. The second kappa shape index (κ2) is 19.3. The molecule has 2 nitrogen and oxygen atoms in total. The van der Waals surface area contributed by atoms with Crippen LogP contribution in [0.2, 0.25) is 0 Å². The molecule has 310 valence electrons. The Labute approximate surface area is 373 Å². The predicted octanol–water partition coefficient (Wildman–Crippen LogP) is 17.5. The van der Waals surface area contributed by atoms with Crippen LogP contribution in [0.4, 0.5) is 11.4 Å². The van der Waals surface area contributed by atoms with Crippen molar-refractivity contribution in [1.82, 2.24) is 4.57 Å². The Bertz CT molecular complexity index is 3070. The molecule has 0 atom stereocenters. The van der Waals surface area contributed by atoms with Gasteiger partial charge in [0.15, 0.2) is 0 Å². The van der Waals surface area contributed by atoms with Crippen molar-refractivity contribution >= 4 is 61.8 Å². The minimum atomic E-state index is 0.790. The van der Waals surface area contributed by atoms with Gasteiger partial charge in [-0.2, -0.15) is 0 Å². The number of aryl methyl sites for hydroxylation is 1. The number of hydrogen-bond donors (Lipinski definition) is 0. The SMILES string of the molecule is C/C=C\C(=CC/C=C/c1cccc2ccccc12)N(c1ccc(-c2ccc3c(c2)c2ccccc2n3C2=CCCCC=C2)cc1)c1ccc(-c2cccc3c2C=CCC3)cc1.CC. The van der Waals surface area contributed by atoms with Crippen LogP contribution < -0.4 is 4.90 Å². The van der Waals surface area contributed by atoms with Gasteiger partial charge in [0.2, 0.25) is 0 Å². The number of rotatable bonds is 10. The normalized spacial score (nSPS) is 14.0. The molecule has 0 bridgehead atoms. The van der Waals surface area contributed by atoms with Crippen molar-refractivity contribution in [2.24, 2.45) is 0 Å². The molecule has 0 amide bonds. The summed E-state index contributed by atoms with van der Waals surface area (Å²) in [7, 11) is 0. The molecule has 2 aliphatic rings. The summed E-state index contributed by atoms with van der Waals surface area (Å²) in [4.78, 5) is 2.39. The zero-order chi connectivity index (χ0) is 43.0.